The zero-order valence-electron chi connectivity index (χ0n) is 11.2. The van der Waals surface area contributed by atoms with Gasteiger partial charge in [0.05, 0.1) is 12.7 Å². The Morgan fingerprint density at radius 2 is 2.18 bits per heavy atom. The number of hydrogen-bond donors (Lipinski definition) is 1. The van der Waals surface area contributed by atoms with Crippen molar-refractivity contribution in [2.24, 2.45) is 5.92 Å². The van der Waals surface area contributed by atoms with Crippen LogP contribution in [0.1, 0.15) is 19.8 Å². The standard InChI is InChI=1S/C13H26N2O2/c1-11(13-9-14-5-8-17-13)15-6-3-12(4-7-15)10-16-2/h11-14H,3-10H2,1-2H3. The van der Waals surface area contributed by atoms with E-state index in [0.29, 0.717) is 12.1 Å². The molecule has 2 aliphatic heterocycles. The van der Waals surface area contributed by atoms with Gasteiger partial charge in [-0.1, -0.05) is 0 Å². The van der Waals surface area contributed by atoms with Gasteiger partial charge in [-0.15, -0.1) is 0 Å². The Labute approximate surface area is 105 Å². The normalized spacial score (nSPS) is 30.4. The minimum atomic E-state index is 0.364. The molecule has 2 saturated heterocycles. The van der Waals surface area contributed by atoms with Crippen LogP contribution in [0.5, 0.6) is 0 Å². The number of morpholine rings is 1. The molecule has 1 N–H and O–H groups in total. The lowest BCUT2D eigenvalue weighted by Crippen LogP contribution is -2.52. The van der Waals surface area contributed by atoms with Gasteiger partial charge in [0, 0.05) is 32.8 Å². The Morgan fingerprint density at radius 1 is 1.41 bits per heavy atom. The van der Waals surface area contributed by atoms with E-state index < -0.39 is 0 Å². The van der Waals surface area contributed by atoms with E-state index in [2.05, 4.69) is 17.1 Å². The van der Waals surface area contributed by atoms with Gasteiger partial charge < -0.3 is 14.8 Å². The third-order valence-corrected chi connectivity index (χ3v) is 4.12. The number of hydrogen-bond acceptors (Lipinski definition) is 4. The highest BCUT2D eigenvalue weighted by atomic mass is 16.5. The highest BCUT2D eigenvalue weighted by molar-refractivity contribution is 4.83. The van der Waals surface area contributed by atoms with Crippen molar-refractivity contribution in [2.45, 2.75) is 31.9 Å². The van der Waals surface area contributed by atoms with Crippen molar-refractivity contribution in [2.75, 3.05) is 46.5 Å². The second kappa shape index (κ2) is 6.69. The number of rotatable bonds is 4. The Morgan fingerprint density at radius 3 is 2.76 bits per heavy atom. The second-order valence-electron chi connectivity index (χ2n) is 5.29. The average molecular weight is 242 g/mol. The number of nitrogens with zero attached hydrogens (tertiary/aromatic N) is 1. The van der Waals surface area contributed by atoms with Gasteiger partial charge in [0.1, 0.15) is 0 Å². The molecule has 100 valence electrons. The van der Waals surface area contributed by atoms with E-state index in [9.17, 15) is 0 Å². The molecule has 17 heavy (non-hydrogen) atoms. The van der Waals surface area contributed by atoms with Crippen molar-refractivity contribution in [3.8, 4) is 0 Å². The average Bonchev–Trinajstić information content (AvgIpc) is 2.40. The van der Waals surface area contributed by atoms with Crippen LogP contribution in [0.4, 0.5) is 0 Å². The van der Waals surface area contributed by atoms with Gasteiger partial charge in [0.25, 0.3) is 0 Å². The van der Waals surface area contributed by atoms with Gasteiger partial charge in [-0.2, -0.15) is 0 Å². The number of nitrogens with one attached hydrogen (secondary N) is 1. The molecule has 0 aromatic heterocycles. The molecular formula is C13H26N2O2. The van der Waals surface area contributed by atoms with Crippen molar-refractivity contribution < 1.29 is 9.47 Å². The van der Waals surface area contributed by atoms with Gasteiger partial charge >= 0.3 is 0 Å². The fourth-order valence-corrected chi connectivity index (χ4v) is 2.89. The highest BCUT2D eigenvalue weighted by Crippen LogP contribution is 2.21. The topological polar surface area (TPSA) is 33.7 Å². The van der Waals surface area contributed by atoms with Crippen LogP contribution in [0, 0.1) is 5.92 Å². The molecule has 2 heterocycles. The number of piperidine rings is 1. The lowest BCUT2D eigenvalue weighted by molar-refractivity contribution is -0.0363. The summed E-state index contributed by atoms with van der Waals surface area (Å²) in [7, 11) is 1.80. The molecule has 0 bridgehead atoms. The van der Waals surface area contributed by atoms with E-state index in [-0.39, 0.29) is 0 Å². The van der Waals surface area contributed by atoms with Crippen LogP contribution in [0.15, 0.2) is 0 Å². The van der Waals surface area contributed by atoms with Gasteiger partial charge in [-0.05, 0) is 38.8 Å². The summed E-state index contributed by atoms with van der Waals surface area (Å²) in [5.41, 5.74) is 0. The van der Waals surface area contributed by atoms with Crippen molar-refractivity contribution in [3.63, 3.8) is 0 Å². The second-order valence-corrected chi connectivity index (χ2v) is 5.29. The highest BCUT2D eigenvalue weighted by Gasteiger charge is 2.29. The zero-order valence-corrected chi connectivity index (χ0v) is 11.2. The molecule has 0 aromatic carbocycles. The Balaban J connectivity index is 1.75. The molecule has 0 spiro atoms. The molecule has 0 saturated carbocycles. The van der Waals surface area contributed by atoms with Crippen molar-refractivity contribution in [1.82, 2.24) is 10.2 Å². The third kappa shape index (κ3) is 3.65. The first kappa shape index (κ1) is 13.3. The maximum atomic E-state index is 5.84. The van der Waals surface area contributed by atoms with Gasteiger partial charge in [0.15, 0.2) is 0 Å². The van der Waals surface area contributed by atoms with Crippen molar-refractivity contribution >= 4 is 0 Å². The van der Waals surface area contributed by atoms with Gasteiger partial charge in [0.2, 0.25) is 0 Å². The molecule has 0 aromatic rings. The van der Waals surface area contributed by atoms with E-state index >= 15 is 0 Å². The van der Waals surface area contributed by atoms with Crippen molar-refractivity contribution in [1.29, 1.82) is 0 Å². The maximum Gasteiger partial charge on any atom is 0.0852 e. The Bertz CT molecular complexity index is 211. The predicted molar refractivity (Wildman–Crippen MR) is 68.2 cm³/mol. The first-order valence-corrected chi connectivity index (χ1v) is 6.86. The molecule has 2 atom stereocenters. The fourth-order valence-electron chi connectivity index (χ4n) is 2.89. The number of methoxy groups -OCH3 is 1. The van der Waals surface area contributed by atoms with E-state index in [1.807, 2.05) is 0 Å². The minimum absolute atomic E-state index is 0.364. The summed E-state index contributed by atoms with van der Waals surface area (Å²) in [6, 6.07) is 0.534. The molecule has 2 unspecified atom stereocenters. The zero-order chi connectivity index (χ0) is 12.1. The summed E-state index contributed by atoms with van der Waals surface area (Å²) in [5.74, 6) is 0.758. The molecule has 2 fully saturated rings. The summed E-state index contributed by atoms with van der Waals surface area (Å²) >= 11 is 0. The summed E-state index contributed by atoms with van der Waals surface area (Å²) in [5, 5.41) is 3.41. The lowest BCUT2D eigenvalue weighted by atomic mass is 9.95. The molecule has 2 aliphatic rings. The Hall–Kier alpha value is -0.160. The fraction of sp³-hybridized carbons (Fsp3) is 1.00. The predicted octanol–water partition coefficient (Wildman–Crippen LogP) is 0.722. The summed E-state index contributed by atoms with van der Waals surface area (Å²) in [6.45, 7) is 8.45. The number of likely N-dealkylation sites (tertiary alicyclic amines) is 1. The van der Waals surface area contributed by atoms with Crippen LogP contribution in [0.2, 0.25) is 0 Å². The number of ether oxygens (including phenoxy) is 2. The van der Waals surface area contributed by atoms with Crippen LogP contribution in [0.3, 0.4) is 0 Å². The largest absolute Gasteiger partial charge is 0.384 e. The summed E-state index contributed by atoms with van der Waals surface area (Å²) < 4.78 is 11.1. The lowest BCUT2D eigenvalue weighted by Gasteiger charge is -2.40. The van der Waals surface area contributed by atoms with Crippen molar-refractivity contribution in [3.05, 3.63) is 0 Å². The first-order valence-electron chi connectivity index (χ1n) is 6.86. The van der Waals surface area contributed by atoms with Crippen LogP contribution in [-0.2, 0) is 9.47 Å². The van der Waals surface area contributed by atoms with Crippen LogP contribution in [0.25, 0.3) is 0 Å². The van der Waals surface area contributed by atoms with Gasteiger partial charge in [-0.25, -0.2) is 0 Å². The molecule has 2 rings (SSSR count). The smallest absolute Gasteiger partial charge is 0.0852 e. The molecular weight excluding hydrogens is 216 g/mol. The quantitative estimate of drug-likeness (QED) is 0.788. The van der Waals surface area contributed by atoms with Gasteiger partial charge in [-0.3, -0.25) is 4.90 Å². The first-order chi connectivity index (χ1) is 8.31. The van der Waals surface area contributed by atoms with E-state index in [4.69, 9.17) is 9.47 Å². The van der Waals surface area contributed by atoms with E-state index in [1.54, 1.807) is 7.11 Å². The summed E-state index contributed by atoms with van der Waals surface area (Å²) in [4.78, 5) is 2.57. The molecule has 0 amide bonds. The molecule has 0 aliphatic carbocycles. The minimum Gasteiger partial charge on any atom is -0.384 e. The maximum absolute atomic E-state index is 5.84. The van der Waals surface area contributed by atoms with Crippen LogP contribution < -0.4 is 5.32 Å². The summed E-state index contributed by atoms with van der Waals surface area (Å²) in [6.07, 6.45) is 2.89. The Kier molecular flexibility index (Phi) is 5.22. The van der Waals surface area contributed by atoms with Crippen LogP contribution >= 0.6 is 0 Å². The molecule has 4 nitrogen and oxygen atoms in total. The third-order valence-electron chi connectivity index (χ3n) is 4.12. The van der Waals surface area contributed by atoms with E-state index in [0.717, 1.165) is 32.2 Å². The van der Waals surface area contributed by atoms with E-state index in [1.165, 1.54) is 25.9 Å². The monoisotopic (exact) mass is 242 g/mol. The molecule has 4 heteroatoms. The molecule has 0 radical (unpaired) electrons. The SMILES string of the molecule is COCC1CCN(C(C)C2CNCCO2)CC1. The van der Waals surface area contributed by atoms with Crippen LogP contribution in [-0.4, -0.2) is 63.5 Å².